The van der Waals surface area contributed by atoms with E-state index in [4.69, 9.17) is 0 Å². The van der Waals surface area contributed by atoms with Gasteiger partial charge in [-0.2, -0.15) is 0 Å². The van der Waals surface area contributed by atoms with Gasteiger partial charge in [-0.15, -0.1) is 0 Å². The Kier molecular flexibility index (Phi) is 4.67. The highest BCUT2D eigenvalue weighted by atomic mass is 16.3. The third-order valence-corrected chi connectivity index (χ3v) is 3.77. The van der Waals surface area contributed by atoms with Gasteiger partial charge >= 0.3 is 0 Å². The van der Waals surface area contributed by atoms with Gasteiger partial charge in [0, 0.05) is 18.3 Å². The zero-order valence-corrected chi connectivity index (χ0v) is 12.5. The summed E-state index contributed by atoms with van der Waals surface area (Å²) in [5.74, 6) is 0.327. The summed E-state index contributed by atoms with van der Waals surface area (Å²) in [6.07, 6.45) is 0.975. The third-order valence-electron chi connectivity index (χ3n) is 3.77. The Morgan fingerprint density at radius 1 is 1.05 bits per heavy atom. The van der Waals surface area contributed by atoms with E-state index in [9.17, 15) is 5.11 Å². The van der Waals surface area contributed by atoms with Crippen molar-refractivity contribution in [2.45, 2.75) is 33.2 Å². The van der Waals surface area contributed by atoms with Gasteiger partial charge in [0.2, 0.25) is 0 Å². The van der Waals surface area contributed by atoms with Gasteiger partial charge < -0.3 is 10.0 Å². The molecule has 2 rings (SSSR count). The number of benzene rings is 2. The van der Waals surface area contributed by atoms with E-state index >= 15 is 0 Å². The molecule has 0 amide bonds. The smallest absolute Gasteiger partial charge is 0.115 e. The summed E-state index contributed by atoms with van der Waals surface area (Å²) in [7, 11) is 0. The predicted octanol–water partition coefficient (Wildman–Crippen LogP) is 4.16. The number of aromatic hydroxyl groups is 1. The Morgan fingerprint density at radius 2 is 1.70 bits per heavy atom. The third kappa shape index (κ3) is 3.32. The molecule has 2 heteroatoms. The van der Waals surface area contributed by atoms with Crippen LogP contribution in [0.4, 0.5) is 5.69 Å². The van der Waals surface area contributed by atoms with Crippen LogP contribution < -0.4 is 4.90 Å². The molecule has 0 radical (unpaired) electrons. The van der Waals surface area contributed by atoms with Gasteiger partial charge in [-0.1, -0.05) is 30.3 Å². The number of phenolic OH excluding ortho intramolecular Hbond substituents is 1. The van der Waals surface area contributed by atoms with Crippen LogP contribution in [0.1, 0.15) is 25.0 Å². The number of likely N-dealkylation sites (N-methyl/N-ethyl adjacent to an activating group) is 1. The largest absolute Gasteiger partial charge is 0.508 e. The van der Waals surface area contributed by atoms with Crippen molar-refractivity contribution in [3.05, 3.63) is 59.7 Å². The maximum absolute atomic E-state index is 9.35. The maximum atomic E-state index is 9.35. The molecule has 106 valence electrons. The number of para-hydroxylation sites is 1. The topological polar surface area (TPSA) is 23.5 Å². The predicted molar refractivity (Wildman–Crippen MR) is 85.5 cm³/mol. The van der Waals surface area contributed by atoms with E-state index in [2.05, 4.69) is 49.9 Å². The summed E-state index contributed by atoms with van der Waals surface area (Å²) in [5, 5.41) is 9.35. The van der Waals surface area contributed by atoms with Crippen molar-refractivity contribution < 1.29 is 5.11 Å². The zero-order valence-electron chi connectivity index (χ0n) is 12.5. The fraction of sp³-hybridized carbons (Fsp3) is 0.333. The average Bonchev–Trinajstić information content (AvgIpc) is 2.44. The van der Waals surface area contributed by atoms with E-state index in [0.29, 0.717) is 11.8 Å². The summed E-state index contributed by atoms with van der Waals surface area (Å²) >= 11 is 0. The van der Waals surface area contributed by atoms with Gasteiger partial charge in [-0.25, -0.2) is 0 Å². The minimum Gasteiger partial charge on any atom is -0.508 e. The molecule has 2 nitrogen and oxygen atoms in total. The lowest BCUT2D eigenvalue weighted by Crippen LogP contribution is -2.35. The van der Waals surface area contributed by atoms with E-state index in [0.717, 1.165) is 13.0 Å². The highest BCUT2D eigenvalue weighted by Crippen LogP contribution is 2.23. The number of nitrogens with zero attached hydrogens (tertiary/aromatic N) is 1. The minimum absolute atomic E-state index is 0.327. The average molecular weight is 269 g/mol. The van der Waals surface area contributed by atoms with Crippen LogP contribution >= 0.6 is 0 Å². The highest BCUT2D eigenvalue weighted by Gasteiger charge is 2.14. The first kappa shape index (κ1) is 14.4. The summed E-state index contributed by atoms with van der Waals surface area (Å²) in [6.45, 7) is 7.60. The van der Waals surface area contributed by atoms with Crippen LogP contribution in [0, 0.1) is 6.92 Å². The molecule has 1 atom stereocenters. The second kappa shape index (κ2) is 6.47. The number of hydrogen-bond donors (Lipinski definition) is 1. The number of hydrogen-bond acceptors (Lipinski definition) is 2. The normalized spacial score (nSPS) is 12.2. The van der Waals surface area contributed by atoms with Crippen molar-refractivity contribution in [2.24, 2.45) is 0 Å². The first-order valence-corrected chi connectivity index (χ1v) is 7.22. The highest BCUT2D eigenvalue weighted by molar-refractivity contribution is 5.53. The number of rotatable bonds is 5. The van der Waals surface area contributed by atoms with Gasteiger partial charge in [-0.3, -0.25) is 0 Å². The van der Waals surface area contributed by atoms with Crippen molar-refractivity contribution in [3.8, 4) is 5.75 Å². The van der Waals surface area contributed by atoms with E-state index in [1.165, 1.54) is 16.8 Å². The van der Waals surface area contributed by atoms with E-state index in [1.807, 2.05) is 12.1 Å². The van der Waals surface area contributed by atoms with E-state index in [-0.39, 0.29) is 0 Å². The van der Waals surface area contributed by atoms with Crippen LogP contribution in [0.25, 0.3) is 0 Å². The number of phenols is 1. The Morgan fingerprint density at radius 3 is 2.30 bits per heavy atom. The second-order valence-corrected chi connectivity index (χ2v) is 5.29. The fourth-order valence-corrected chi connectivity index (χ4v) is 2.69. The van der Waals surface area contributed by atoms with Crippen LogP contribution in [-0.4, -0.2) is 17.7 Å². The summed E-state index contributed by atoms with van der Waals surface area (Å²) in [5.41, 5.74) is 3.87. The van der Waals surface area contributed by atoms with Crippen LogP contribution in [-0.2, 0) is 6.42 Å². The molecule has 0 fully saturated rings. The van der Waals surface area contributed by atoms with Gasteiger partial charge in [0.1, 0.15) is 5.75 Å². The molecule has 2 aromatic carbocycles. The zero-order chi connectivity index (χ0) is 14.5. The van der Waals surface area contributed by atoms with Crippen LogP contribution in [0.3, 0.4) is 0 Å². The Hall–Kier alpha value is -1.96. The maximum Gasteiger partial charge on any atom is 0.115 e. The molecule has 0 aliphatic carbocycles. The lowest BCUT2D eigenvalue weighted by molar-refractivity contribution is 0.475. The van der Waals surface area contributed by atoms with Crippen LogP contribution in [0.2, 0.25) is 0 Å². The molecule has 20 heavy (non-hydrogen) atoms. The van der Waals surface area contributed by atoms with Gasteiger partial charge in [0.05, 0.1) is 0 Å². The lowest BCUT2D eigenvalue weighted by Gasteiger charge is -2.31. The standard InChI is InChI=1S/C18H23NO/c1-4-19(18-8-6-5-7-14(18)2)15(3)13-16-9-11-17(20)12-10-16/h5-12,15,20H,4,13H2,1-3H3. The van der Waals surface area contributed by atoms with Crippen molar-refractivity contribution in [1.29, 1.82) is 0 Å². The molecule has 2 aromatic rings. The molecule has 0 aliphatic rings. The first-order chi connectivity index (χ1) is 9.61. The second-order valence-electron chi connectivity index (χ2n) is 5.29. The Bertz CT molecular complexity index is 548. The monoisotopic (exact) mass is 269 g/mol. The Balaban J connectivity index is 2.15. The summed E-state index contributed by atoms with van der Waals surface area (Å²) in [4.78, 5) is 2.43. The summed E-state index contributed by atoms with van der Waals surface area (Å²) in [6, 6.07) is 16.4. The van der Waals surface area contributed by atoms with Crippen LogP contribution in [0.15, 0.2) is 48.5 Å². The van der Waals surface area contributed by atoms with Crippen molar-refractivity contribution in [1.82, 2.24) is 0 Å². The molecular weight excluding hydrogens is 246 g/mol. The SMILES string of the molecule is CCN(c1ccccc1C)C(C)Cc1ccc(O)cc1. The number of anilines is 1. The lowest BCUT2D eigenvalue weighted by atomic mass is 10.0. The van der Waals surface area contributed by atoms with E-state index < -0.39 is 0 Å². The van der Waals surface area contributed by atoms with Crippen molar-refractivity contribution in [3.63, 3.8) is 0 Å². The fourth-order valence-electron chi connectivity index (χ4n) is 2.69. The minimum atomic E-state index is 0.327. The molecule has 1 unspecified atom stereocenters. The molecule has 0 heterocycles. The van der Waals surface area contributed by atoms with Crippen molar-refractivity contribution in [2.75, 3.05) is 11.4 Å². The quantitative estimate of drug-likeness (QED) is 0.881. The van der Waals surface area contributed by atoms with Gasteiger partial charge in [0.15, 0.2) is 0 Å². The van der Waals surface area contributed by atoms with E-state index in [1.54, 1.807) is 12.1 Å². The molecular formula is C18H23NO. The molecule has 0 aliphatic heterocycles. The Labute approximate surface area is 121 Å². The molecule has 0 bridgehead atoms. The summed E-state index contributed by atoms with van der Waals surface area (Å²) < 4.78 is 0. The molecule has 1 N–H and O–H groups in total. The van der Waals surface area contributed by atoms with Gasteiger partial charge in [-0.05, 0) is 56.5 Å². The first-order valence-electron chi connectivity index (χ1n) is 7.22. The number of aryl methyl sites for hydroxylation is 1. The molecule has 0 saturated carbocycles. The van der Waals surface area contributed by atoms with Crippen LogP contribution in [0.5, 0.6) is 5.75 Å². The molecule has 0 saturated heterocycles. The van der Waals surface area contributed by atoms with Crippen molar-refractivity contribution >= 4 is 5.69 Å². The van der Waals surface area contributed by atoms with Gasteiger partial charge in [0.25, 0.3) is 0 Å². The molecule has 0 spiro atoms. The molecule has 0 aromatic heterocycles.